The van der Waals surface area contributed by atoms with Gasteiger partial charge in [0, 0.05) is 17.7 Å². The minimum absolute atomic E-state index is 0.0412. The van der Waals surface area contributed by atoms with Crippen LogP contribution in [0.2, 0.25) is 0 Å². The van der Waals surface area contributed by atoms with Crippen molar-refractivity contribution in [3.8, 4) is 16.3 Å². The number of amides is 1. The fourth-order valence-electron chi connectivity index (χ4n) is 3.33. The Morgan fingerprint density at radius 1 is 1.21 bits per heavy atom. The van der Waals surface area contributed by atoms with Crippen molar-refractivity contribution < 1.29 is 27.4 Å². The minimum Gasteiger partial charge on any atom is -0.406 e. The lowest BCUT2D eigenvalue weighted by molar-refractivity contribution is -0.274. The lowest BCUT2D eigenvalue weighted by Gasteiger charge is -2.21. The molecule has 1 aliphatic heterocycles. The van der Waals surface area contributed by atoms with Crippen LogP contribution >= 0.6 is 22.7 Å². The molecule has 1 aromatic carbocycles. The molecule has 0 unspecified atom stereocenters. The number of carbonyl (C=O) groups is 1. The van der Waals surface area contributed by atoms with Gasteiger partial charge in [-0.3, -0.25) is 4.79 Å². The Kier molecular flexibility index (Phi) is 7.15. The first kappa shape index (κ1) is 23.5. The summed E-state index contributed by atoms with van der Waals surface area (Å²) in [5.74, 6) is -0.418. The average molecular weight is 499 g/mol. The Morgan fingerprint density at radius 3 is 2.70 bits per heavy atom. The third kappa shape index (κ3) is 6.65. The molecule has 3 aromatic rings. The predicted octanol–water partition coefficient (Wildman–Crippen LogP) is 6.11. The first-order chi connectivity index (χ1) is 15.7. The minimum atomic E-state index is -4.73. The number of alkyl halides is 3. The molecule has 3 heterocycles. The van der Waals surface area contributed by atoms with Gasteiger partial charge in [0.1, 0.15) is 5.75 Å². The van der Waals surface area contributed by atoms with Crippen LogP contribution in [0.25, 0.3) is 10.6 Å². The van der Waals surface area contributed by atoms with Crippen molar-refractivity contribution in [2.24, 2.45) is 0 Å². The Bertz CT molecular complexity index is 1090. The molecule has 12 heteroatoms. The van der Waals surface area contributed by atoms with E-state index in [4.69, 9.17) is 4.74 Å². The van der Waals surface area contributed by atoms with Crippen molar-refractivity contribution in [1.82, 2.24) is 9.97 Å². The standard InChI is InChI=1S/C21H21F3N4O3S2/c1-12-18(33-20(25-12)28-17(29)10-15-4-2-3-9-30-15)16-11-32-19(27-16)26-13-5-7-14(8-6-13)31-21(22,23)24/h5-8,11,15H,2-4,9-10H2,1H3,(H,26,27)(H,25,28,29)/t15-/m1/s1. The van der Waals surface area contributed by atoms with Crippen molar-refractivity contribution >= 4 is 44.5 Å². The van der Waals surface area contributed by atoms with E-state index in [1.165, 1.54) is 46.9 Å². The van der Waals surface area contributed by atoms with E-state index in [9.17, 15) is 18.0 Å². The zero-order valence-electron chi connectivity index (χ0n) is 17.6. The molecule has 1 amide bonds. The summed E-state index contributed by atoms with van der Waals surface area (Å²) in [6.07, 6.45) is -1.46. The summed E-state index contributed by atoms with van der Waals surface area (Å²) in [7, 11) is 0. The predicted molar refractivity (Wildman–Crippen MR) is 121 cm³/mol. The quantitative estimate of drug-likeness (QED) is 0.409. The molecule has 2 aromatic heterocycles. The molecule has 33 heavy (non-hydrogen) atoms. The van der Waals surface area contributed by atoms with E-state index in [0.29, 0.717) is 34.7 Å². The first-order valence-electron chi connectivity index (χ1n) is 10.2. The van der Waals surface area contributed by atoms with Crippen LogP contribution in [0.15, 0.2) is 29.6 Å². The number of hydrogen-bond acceptors (Lipinski definition) is 8. The second kappa shape index (κ2) is 10.1. The molecule has 4 rings (SSSR count). The maximum Gasteiger partial charge on any atom is 0.573 e. The van der Waals surface area contributed by atoms with Crippen LogP contribution in [0.5, 0.6) is 5.75 Å². The zero-order valence-corrected chi connectivity index (χ0v) is 19.2. The fourth-order valence-corrected chi connectivity index (χ4v) is 5.07. The van der Waals surface area contributed by atoms with Crippen LogP contribution in [-0.4, -0.2) is 34.9 Å². The van der Waals surface area contributed by atoms with Crippen molar-refractivity contribution in [3.63, 3.8) is 0 Å². The van der Waals surface area contributed by atoms with Gasteiger partial charge in [-0.25, -0.2) is 9.97 Å². The smallest absolute Gasteiger partial charge is 0.406 e. The van der Waals surface area contributed by atoms with E-state index in [-0.39, 0.29) is 17.8 Å². The van der Waals surface area contributed by atoms with Crippen molar-refractivity contribution in [1.29, 1.82) is 0 Å². The zero-order chi connectivity index (χ0) is 23.4. The van der Waals surface area contributed by atoms with Gasteiger partial charge in [-0.15, -0.1) is 24.5 Å². The van der Waals surface area contributed by atoms with Crippen molar-refractivity contribution in [3.05, 3.63) is 35.3 Å². The summed E-state index contributed by atoms with van der Waals surface area (Å²) in [4.78, 5) is 22.1. The number of rotatable bonds is 7. The van der Waals surface area contributed by atoms with Gasteiger partial charge in [0.05, 0.1) is 28.8 Å². The number of nitrogens with one attached hydrogen (secondary N) is 2. The van der Waals surface area contributed by atoms with Gasteiger partial charge in [0.15, 0.2) is 10.3 Å². The van der Waals surface area contributed by atoms with Crippen LogP contribution in [-0.2, 0) is 9.53 Å². The number of ether oxygens (including phenoxy) is 2. The van der Waals surface area contributed by atoms with Gasteiger partial charge >= 0.3 is 6.36 Å². The number of thiazole rings is 2. The van der Waals surface area contributed by atoms with Crippen molar-refractivity contribution in [2.45, 2.75) is 45.1 Å². The van der Waals surface area contributed by atoms with Gasteiger partial charge in [0.25, 0.3) is 0 Å². The molecule has 0 bridgehead atoms. The largest absolute Gasteiger partial charge is 0.573 e. The van der Waals surface area contributed by atoms with Gasteiger partial charge in [-0.05, 0) is 50.5 Å². The maximum atomic E-state index is 12.3. The highest BCUT2D eigenvalue weighted by molar-refractivity contribution is 7.20. The number of halogens is 3. The van der Waals surface area contributed by atoms with Crippen LogP contribution in [0.3, 0.4) is 0 Å². The molecule has 2 N–H and O–H groups in total. The highest BCUT2D eigenvalue weighted by atomic mass is 32.1. The van der Waals surface area contributed by atoms with E-state index in [2.05, 4.69) is 25.3 Å². The van der Waals surface area contributed by atoms with Crippen LogP contribution in [0.4, 0.5) is 29.1 Å². The lowest BCUT2D eigenvalue weighted by atomic mass is 10.1. The summed E-state index contributed by atoms with van der Waals surface area (Å²) in [5.41, 5.74) is 2.02. The topological polar surface area (TPSA) is 85.4 Å². The van der Waals surface area contributed by atoms with Gasteiger partial charge in [-0.2, -0.15) is 0 Å². The van der Waals surface area contributed by atoms with Gasteiger partial charge in [0.2, 0.25) is 5.91 Å². The molecule has 176 valence electrons. The van der Waals surface area contributed by atoms with Crippen LogP contribution < -0.4 is 15.4 Å². The first-order valence-corrected chi connectivity index (χ1v) is 11.9. The number of hydrogen-bond donors (Lipinski definition) is 2. The summed E-state index contributed by atoms with van der Waals surface area (Å²) in [6.45, 7) is 2.54. The fraction of sp³-hybridized carbons (Fsp3) is 0.381. The van der Waals surface area contributed by atoms with E-state index in [1.54, 1.807) is 0 Å². The molecule has 1 atom stereocenters. The van der Waals surface area contributed by atoms with Crippen LogP contribution in [0.1, 0.15) is 31.4 Å². The normalized spacial score (nSPS) is 16.4. The molecular formula is C21H21F3N4O3S2. The molecule has 0 radical (unpaired) electrons. The van der Waals surface area contributed by atoms with E-state index in [0.717, 1.165) is 29.8 Å². The third-order valence-corrected chi connectivity index (χ3v) is 6.66. The van der Waals surface area contributed by atoms with E-state index >= 15 is 0 Å². The summed E-state index contributed by atoms with van der Waals surface area (Å²) < 4.78 is 46.3. The third-order valence-electron chi connectivity index (χ3n) is 4.81. The SMILES string of the molecule is Cc1nc(NC(=O)C[C@H]2CCCCO2)sc1-c1csc(Nc2ccc(OC(F)(F)F)cc2)n1. The summed E-state index contributed by atoms with van der Waals surface area (Å²) in [5, 5.41) is 8.83. The molecule has 0 spiro atoms. The number of benzene rings is 1. The second-order valence-electron chi connectivity index (χ2n) is 7.41. The molecule has 1 fully saturated rings. The molecule has 0 aliphatic carbocycles. The number of carbonyl (C=O) groups excluding carboxylic acids is 1. The Labute approximate surface area is 196 Å². The maximum absolute atomic E-state index is 12.3. The molecule has 1 saturated heterocycles. The van der Waals surface area contributed by atoms with Crippen LogP contribution in [0, 0.1) is 6.92 Å². The Balaban J connectivity index is 1.37. The molecular weight excluding hydrogens is 477 g/mol. The molecule has 1 aliphatic rings. The van der Waals surface area contributed by atoms with Gasteiger partial charge in [-0.1, -0.05) is 11.3 Å². The lowest BCUT2D eigenvalue weighted by Crippen LogP contribution is -2.25. The Hall–Kier alpha value is -2.70. The number of aryl methyl sites for hydroxylation is 1. The average Bonchev–Trinajstić information content (AvgIpc) is 3.35. The number of anilines is 3. The number of aromatic nitrogens is 2. The molecule has 0 saturated carbocycles. The van der Waals surface area contributed by atoms with E-state index in [1.807, 2.05) is 12.3 Å². The Morgan fingerprint density at radius 2 is 2.00 bits per heavy atom. The number of nitrogens with zero attached hydrogens (tertiary/aromatic N) is 2. The summed E-state index contributed by atoms with van der Waals surface area (Å²) in [6, 6.07) is 5.41. The second-order valence-corrected chi connectivity index (χ2v) is 9.27. The van der Waals surface area contributed by atoms with E-state index < -0.39 is 6.36 Å². The monoisotopic (exact) mass is 498 g/mol. The summed E-state index contributed by atoms with van der Waals surface area (Å²) >= 11 is 2.69. The van der Waals surface area contributed by atoms with Gasteiger partial charge < -0.3 is 20.1 Å². The highest BCUT2D eigenvalue weighted by Gasteiger charge is 2.31. The van der Waals surface area contributed by atoms with Crippen molar-refractivity contribution in [2.75, 3.05) is 17.2 Å². The molecule has 7 nitrogen and oxygen atoms in total. The highest BCUT2D eigenvalue weighted by Crippen LogP contribution is 2.35.